The number of rotatable bonds is 7. The minimum absolute atomic E-state index is 0.0589. The molecule has 2 aliphatic heterocycles. The topological polar surface area (TPSA) is 87.2 Å². The summed E-state index contributed by atoms with van der Waals surface area (Å²) >= 11 is 0. The van der Waals surface area contributed by atoms with Crippen LogP contribution in [0.15, 0.2) is 60.7 Å². The van der Waals surface area contributed by atoms with Crippen LogP contribution in [0.1, 0.15) is 17.2 Å². The highest BCUT2D eigenvalue weighted by Crippen LogP contribution is 2.45. The largest absolute Gasteiger partial charge is 0.483 e. The fraction of sp³-hybridized carbons (Fsp3) is 0.435. The van der Waals surface area contributed by atoms with E-state index in [9.17, 15) is 8.42 Å². The van der Waals surface area contributed by atoms with Gasteiger partial charge < -0.3 is 14.7 Å². The summed E-state index contributed by atoms with van der Waals surface area (Å²) in [5, 5.41) is 6.89. The van der Waals surface area contributed by atoms with Crippen LogP contribution in [0.25, 0.3) is 0 Å². The van der Waals surface area contributed by atoms with Gasteiger partial charge in [-0.05, 0) is 23.0 Å². The number of sulfonamides is 1. The first-order valence-corrected chi connectivity index (χ1v) is 12.2. The maximum Gasteiger partial charge on any atom is 0.290 e. The molecular weight excluding hydrogens is 416 g/mol. The normalized spacial score (nSPS) is 23.7. The molecule has 0 bridgehead atoms. The first kappa shape index (κ1) is 23.4. The van der Waals surface area contributed by atoms with Crippen molar-refractivity contribution < 1.29 is 23.1 Å². The Morgan fingerprint density at radius 3 is 2.26 bits per heavy atom. The summed E-state index contributed by atoms with van der Waals surface area (Å²) in [5.41, 5.74) is 2.29. The fourth-order valence-corrected chi connectivity index (χ4v) is 5.80. The average molecular weight is 447 g/mol. The molecule has 2 saturated heterocycles. The number of benzene rings is 2. The van der Waals surface area contributed by atoms with Crippen molar-refractivity contribution in [1.82, 2.24) is 9.21 Å². The second kappa shape index (κ2) is 10.9. The molecule has 0 aromatic heterocycles. The molecule has 2 aromatic rings. The second-order valence-electron chi connectivity index (χ2n) is 8.02. The molecule has 0 spiro atoms. The maximum atomic E-state index is 12.4. The van der Waals surface area contributed by atoms with Crippen molar-refractivity contribution in [2.75, 3.05) is 39.0 Å². The van der Waals surface area contributed by atoms with Gasteiger partial charge in [-0.15, -0.1) is 0 Å². The number of likely N-dealkylation sites (tertiary alicyclic amines) is 1. The highest BCUT2D eigenvalue weighted by Gasteiger charge is 2.50. The van der Waals surface area contributed by atoms with Crippen molar-refractivity contribution in [3.05, 3.63) is 71.8 Å². The number of carboxylic acid groups (broad SMARTS) is 1. The zero-order chi connectivity index (χ0) is 22.3. The van der Waals surface area contributed by atoms with Gasteiger partial charge in [0, 0.05) is 26.2 Å². The Balaban J connectivity index is 0.000000858. The molecule has 2 aliphatic rings. The van der Waals surface area contributed by atoms with E-state index >= 15 is 0 Å². The van der Waals surface area contributed by atoms with E-state index in [1.807, 2.05) is 36.4 Å². The lowest BCUT2D eigenvalue weighted by Gasteiger charge is -2.28. The SMILES string of the molecule is CS(=O)(=O)N1C[C@H]2CN(CCOCc3ccccc3)C[C@H]2[C@@H]1c1ccccc1.O=CO. The summed E-state index contributed by atoms with van der Waals surface area (Å²) in [7, 11) is -3.22. The number of carbonyl (C=O) groups is 1. The molecule has 0 amide bonds. The van der Waals surface area contributed by atoms with Gasteiger partial charge in [0.05, 0.1) is 25.5 Å². The van der Waals surface area contributed by atoms with Gasteiger partial charge in [0.1, 0.15) is 0 Å². The summed E-state index contributed by atoms with van der Waals surface area (Å²) < 4.78 is 32.3. The zero-order valence-corrected chi connectivity index (χ0v) is 18.5. The van der Waals surface area contributed by atoms with Gasteiger partial charge in [-0.3, -0.25) is 4.79 Å². The molecule has 2 heterocycles. The first-order valence-electron chi connectivity index (χ1n) is 10.4. The van der Waals surface area contributed by atoms with Gasteiger partial charge >= 0.3 is 0 Å². The van der Waals surface area contributed by atoms with Crippen LogP contribution >= 0.6 is 0 Å². The minimum atomic E-state index is -3.22. The van der Waals surface area contributed by atoms with E-state index in [0.29, 0.717) is 31.6 Å². The molecule has 4 rings (SSSR count). The molecule has 0 unspecified atom stereocenters. The van der Waals surface area contributed by atoms with Crippen LogP contribution in [0.4, 0.5) is 0 Å². The third kappa shape index (κ3) is 6.13. The van der Waals surface area contributed by atoms with Gasteiger partial charge in [0.25, 0.3) is 6.47 Å². The quantitative estimate of drug-likeness (QED) is 0.519. The maximum absolute atomic E-state index is 12.4. The molecule has 0 aliphatic carbocycles. The molecule has 0 saturated carbocycles. The smallest absolute Gasteiger partial charge is 0.290 e. The molecular formula is C23H30N2O5S. The predicted molar refractivity (Wildman–Crippen MR) is 119 cm³/mol. The highest BCUT2D eigenvalue weighted by molar-refractivity contribution is 7.88. The first-order chi connectivity index (χ1) is 14.9. The van der Waals surface area contributed by atoms with Crippen LogP contribution in [0, 0.1) is 11.8 Å². The summed E-state index contributed by atoms with van der Waals surface area (Å²) in [5.74, 6) is 0.723. The molecule has 1 N–H and O–H groups in total. The molecule has 2 fully saturated rings. The molecule has 3 atom stereocenters. The van der Waals surface area contributed by atoms with E-state index in [2.05, 4.69) is 29.2 Å². The Hall–Kier alpha value is -2.26. The standard InChI is InChI=1S/C22H28N2O3S.CH2O2/c1-28(25,26)24-15-20-14-23(12-13-27-17-18-8-4-2-5-9-18)16-21(20)22(24)19-10-6-3-7-11-19;2-1-3/h2-11,20-22H,12-17H2,1H3;1H,(H,2,3)/t20-,21-,22+;/m1./s1. The molecule has 168 valence electrons. The van der Waals surface area contributed by atoms with Gasteiger partial charge in [0.15, 0.2) is 0 Å². The second-order valence-corrected chi connectivity index (χ2v) is 9.95. The lowest BCUT2D eigenvalue weighted by atomic mass is 9.90. The third-order valence-electron chi connectivity index (χ3n) is 5.93. The Morgan fingerprint density at radius 2 is 1.65 bits per heavy atom. The van der Waals surface area contributed by atoms with Gasteiger partial charge in [-0.2, -0.15) is 4.31 Å². The molecule has 0 radical (unpaired) electrons. The molecule has 31 heavy (non-hydrogen) atoms. The van der Waals surface area contributed by atoms with Gasteiger partial charge in [-0.1, -0.05) is 60.7 Å². The van der Waals surface area contributed by atoms with E-state index < -0.39 is 10.0 Å². The van der Waals surface area contributed by atoms with E-state index in [0.717, 1.165) is 25.2 Å². The lowest BCUT2D eigenvalue weighted by molar-refractivity contribution is -0.122. The van der Waals surface area contributed by atoms with Crippen molar-refractivity contribution in [3.63, 3.8) is 0 Å². The van der Waals surface area contributed by atoms with Crippen LogP contribution < -0.4 is 0 Å². The Kier molecular flexibility index (Phi) is 8.20. The van der Waals surface area contributed by atoms with E-state index in [1.54, 1.807) is 4.31 Å². The number of hydrogen-bond donors (Lipinski definition) is 1. The molecule has 8 heteroatoms. The predicted octanol–water partition coefficient (Wildman–Crippen LogP) is 2.47. The highest BCUT2D eigenvalue weighted by atomic mass is 32.2. The number of hydrogen-bond acceptors (Lipinski definition) is 5. The minimum Gasteiger partial charge on any atom is -0.483 e. The van der Waals surface area contributed by atoms with E-state index in [1.165, 1.54) is 11.8 Å². The lowest BCUT2D eigenvalue weighted by Crippen LogP contribution is -2.35. The van der Waals surface area contributed by atoms with Crippen molar-refractivity contribution >= 4 is 16.5 Å². The molecule has 7 nitrogen and oxygen atoms in total. The fourth-order valence-electron chi connectivity index (χ4n) is 4.64. The summed E-state index contributed by atoms with van der Waals surface area (Å²) in [6.07, 6.45) is 1.33. The Morgan fingerprint density at radius 1 is 1.03 bits per heavy atom. The van der Waals surface area contributed by atoms with Gasteiger partial charge in [0.2, 0.25) is 10.0 Å². The van der Waals surface area contributed by atoms with Crippen molar-refractivity contribution in [2.24, 2.45) is 11.8 Å². The number of nitrogens with zero attached hydrogens (tertiary/aromatic N) is 2. The van der Waals surface area contributed by atoms with Gasteiger partial charge in [-0.25, -0.2) is 8.42 Å². The van der Waals surface area contributed by atoms with Crippen LogP contribution in [-0.2, 0) is 26.2 Å². The average Bonchev–Trinajstić information content (AvgIpc) is 3.31. The van der Waals surface area contributed by atoms with Crippen LogP contribution in [0.2, 0.25) is 0 Å². The Labute approximate surface area is 184 Å². The summed E-state index contributed by atoms with van der Waals surface area (Å²) in [4.78, 5) is 10.8. The zero-order valence-electron chi connectivity index (χ0n) is 17.7. The van der Waals surface area contributed by atoms with Crippen molar-refractivity contribution in [2.45, 2.75) is 12.6 Å². The summed E-state index contributed by atoms with van der Waals surface area (Å²) in [6, 6.07) is 20.2. The van der Waals surface area contributed by atoms with Crippen molar-refractivity contribution in [1.29, 1.82) is 0 Å². The number of fused-ring (bicyclic) bond motifs is 1. The van der Waals surface area contributed by atoms with Crippen molar-refractivity contribution in [3.8, 4) is 0 Å². The molecule has 2 aromatic carbocycles. The van der Waals surface area contributed by atoms with Crippen LogP contribution in [-0.4, -0.2) is 68.2 Å². The van der Waals surface area contributed by atoms with E-state index in [-0.39, 0.29) is 12.5 Å². The third-order valence-corrected chi connectivity index (χ3v) is 7.16. The van der Waals surface area contributed by atoms with Crippen LogP contribution in [0.5, 0.6) is 0 Å². The van der Waals surface area contributed by atoms with E-state index in [4.69, 9.17) is 14.6 Å². The monoisotopic (exact) mass is 446 g/mol. The van der Waals surface area contributed by atoms with Crippen LogP contribution in [0.3, 0.4) is 0 Å². The Bertz CT molecular complexity index is 923. The number of ether oxygens (including phenoxy) is 1. The summed E-state index contributed by atoms with van der Waals surface area (Å²) in [6.45, 7) is 4.44.